The molecule has 19 heavy (non-hydrogen) atoms. The number of hydrogen-bond acceptors (Lipinski definition) is 2. The quantitative estimate of drug-likeness (QED) is 0.874. The SMILES string of the molecule is Cc1ccc(C(C)NC(=O)CC2(N)CCC2)c(C)c1. The summed E-state index contributed by atoms with van der Waals surface area (Å²) >= 11 is 0. The van der Waals surface area contributed by atoms with Gasteiger partial charge in [-0.25, -0.2) is 0 Å². The fourth-order valence-electron chi connectivity index (χ4n) is 2.81. The number of nitrogens with one attached hydrogen (secondary N) is 1. The Balaban J connectivity index is 1.96. The molecule has 0 aliphatic heterocycles. The Morgan fingerprint density at radius 1 is 1.42 bits per heavy atom. The van der Waals surface area contributed by atoms with Crippen LogP contribution in [0.2, 0.25) is 0 Å². The van der Waals surface area contributed by atoms with Gasteiger partial charge in [0, 0.05) is 12.0 Å². The Morgan fingerprint density at radius 3 is 2.63 bits per heavy atom. The van der Waals surface area contributed by atoms with Gasteiger partial charge in [-0.15, -0.1) is 0 Å². The third-order valence-electron chi connectivity index (χ3n) is 4.13. The summed E-state index contributed by atoms with van der Waals surface area (Å²) in [5.41, 5.74) is 9.51. The van der Waals surface area contributed by atoms with E-state index < -0.39 is 0 Å². The molecule has 1 aliphatic rings. The first kappa shape index (κ1) is 14.1. The summed E-state index contributed by atoms with van der Waals surface area (Å²) in [6.07, 6.45) is 3.54. The van der Waals surface area contributed by atoms with E-state index in [0.29, 0.717) is 6.42 Å². The zero-order chi connectivity index (χ0) is 14.0. The van der Waals surface area contributed by atoms with Gasteiger partial charge in [-0.2, -0.15) is 0 Å². The molecule has 1 saturated carbocycles. The van der Waals surface area contributed by atoms with E-state index in [1.807, 2.05) is 6.92 Å². The van der Waals surface area contributed by atoms with Crippen LogP contribution in [-0.2, 0) is 4.79 Å². The second-order valence-electron chi connectivity index (χ2n) is 6.04. The molecule has 1 aromatic carbocycles. The lowest BCUT2D eigenvalue weighted by atomic mass is 9.75. The predicted molar refractivity (Wildman–Crippen MR) is 77.9 cm³/mol. The summed E-state index contributed by atoms with van der Waals surface area (Å²) < 4.78 is 0. The van der Waals surface area contributed by atoms with Gasteiger partial charge in [-0.05, 0) is 51.2 Å². The Hall–Kier alpha value is -1.35. The van der Waals surface area contributed by atoms with Crippen molar-refractivity contribution < 1.29 is 4.79 Å². The minimum absolute atomic E-state index is 0.0387. The second kappa shape index (κ2) is 5.33. The highest BCUT2D eigenvalue weighted by Crippen LogP contribution is 2.32. The van der Waals surface area contributed by atoms with Crippen molar-refractivity contribution in [1.82, 2.24) is 5.32 Å². The molecule has 1 amide bonds. The highest BCUT2D eigenvalue weighted by atomic mass is 16.1. The Kier molecular flexibility index (Phi) is 3.95. The lowest BCUT2D eigenvalue weighted by molar-refractivity contribution is -0.123. The summed E-state index contributed by atoms with van der Waals surface area (Å²) in [6.45, 7) is 6.19. The first-order valence-electron chi connectivity index (χ1n) is 7.05. The van der Waals surface area contributed by atoms with Crippen molar-refractivity contribution in [2.45, 2.75) is 58.0 Å². The van der Waals surface area contributed by atoms with Crippen molar-refractivity contribution >= 4 is 5.91 Å². The largest absolute Gasteiger partial charge is 0.350 e. The van der Waals surface area contributed by atoms with Crippen LogP contribution in [-0.4, -0.2) is 11.4 Å². The Morgan fingerprint density at radius 2 is 2.11 bits per heavy atom. The number of amides is 1. The number of hydrogen-bond donors (Lipinski definition) is 2. The van der Waals surface area contributed by atoms with Crippen molar-refractivity contribution in [3.05, 3.63) is 34.9 Å². The van der Waals surface area contributed by atoms with E-state index in [1.54, 1.807) is 0 Å². The van der Waals surface area contributed by atoms with E-state index in [2.05, 4.69) is 37.4 Å². The standard InChI is InChI=1S/C16H24N2O/c1-11-5-6-14(12(2)9-11)13(3)18-15(19)10-16(17)7-4-8-16/h5-6,9,13H,4,7-8,10,17H2,1-3H3,(H,18,19). The number of nitrogens with two attached hydrogens (primary N) is 1. The van der Waals surface area contributed by atoms with Crippen molar-refractivity contribution in [3.63, 3.8) is 0 Å². The molecule has 1 fully saturated rings. The fraction of sp³-hybridized carbons (Fsp3) is 0.562. The van der Waals surface area contributed by atoms with Crippen LogP contribution in [0.15, 0.2) is 18.2 Å². The first-order chi connectivity index (χ1) is 8.89. The number of carbonyl (C=O) groups excluding carboxylic acids is 1. The van der Waals surface area contributed by atoms with Crippen molar-refractivity contribution in [3.8, 4) is 0 Å². The number of rotatable bonds is 4. The average molecular weight is 260 g/mol. The molecule has 1 atom stereocenters. The maximum atomic E-state index is 12.0. The molecular weight excluding hydrogens is 236 g/mol. The number of aryl methyl sites for hydroxylation is 2. The molecule has 0 aromatic heterocycles. The van der Waals surface area contributed by atoms with Crippen molar-refractivity contribution in [1.29, 1.82) is 0 Å². The highest BCUT2D eigenvalue weighted by Gasteiger charge is 2.34. The molecule has 0 spiro atoms. The fourth-order valence-corrected chi connectivity index (χ4v) is 2.81. The highest BCUT2D eigenvalue weighted by molar-refractivity contribution is 5.78. The van der Waals surface area contributed by atoms with Gasteiger partial charge in [0.25, 0.3) is 0 Å². The summed E-state index contributed by atoms with van der Waals surface area (Å²) in [6, 6.07) is 6.36. The van der Waals surface area contributed by atoms with E-state index in [0.717, 1.165) is 19.3 Å². The van der Waals surface area contributed by atoms with E-state index in [9.17, 15) is 4.79 Å². The summed E-state index contributed by atoms with van der Waals surface area (Å²) in [5, 5.41) is 3.06. The van der Waals surface area contributed by atoms with Crippen LogP contribution in [0.4, 0.5) is 0 Å². The molecular formula is C16H24N2O. The minimum atomic E-state index is -0.244. The average Bonchev–Trinajstić information content (AvgIpc) is 2.26. The number of carbonyl (C=O) groups is 1. The third-order valence-corrected chi connectivity index (χ3v) is 4.13. The molecule has 0 saturated heterocycles. The summed E-state index contributed by atoms with van der Waals surface area (Å²) in [4.78, 5) is 12.0. The first-order valence-corrected chi connectivity index (χ1v) is 7.05. The van der Waals surface area contributed by atoms with Crippen LogP contribution in [0.25, 0.3) is 0 Å². The zero-order valence-corrected chi connectivity index (χ0v) is 12.1. The molecule has 104 valence electrons. The lowest BCUT2D eigenvalue weighted by Crippen LogP contribution is -2.50. The van der Waals surface area contributed by atoms with Crippen LogP contribution < -0.4 is 11.1 Å². The maximum absolute atomic E-state index is 12.0. The summed E-state index contributed by atoms with van der Waals surface area (Å²) in [5.74, 6) is 0.0645. The predicted octanol–water partition coefficient (Wildman–Crippen LogP) is 2.75. The lowest BCUT2D eigenvalue weighted by Gasteiger charge is -2.37. The van der Waals surface area contributed by atoms with Crippen LogP contribution in [0, 0.1) is 13.8 Å². The molecule has 1 aliphatic carbocycles. The monoisotopic (exact) mass is 260 g/mol. The van der Waals surface area contributed by atoms with E-state index in [1.165, 1.54) is 16.7 Å². The summed E-state index contributed by atoms with van der Waals surface area (Å²) in [7, 11) is 0. The van der Waals surface area contributed by atoms with Gasteiger partial charge in [0.15, 0.2) is 0 Å². The van der Waals surface area contributed by atoms with Crippen LogP contribution in [0.5, 0.6) is 0 Å². The Labute approximate surface area is 115 Å². The van der Waals surface area contributed by atoms with Gasteiger partial charge in [-0.3, -0.25) is 4.79 Å². The number of benzene rings is 1. The maximum Gasteiger partial charge on any atom is 0.222 e. The molecule has 2 rings (SSSR count). The van der Waals surface area contributed by atoms with Gasteiger partial charge in [0.2, 0.25) is 5.91 Å². The molecule has 0 bridgehead atoms. The van der Waals surface area contributed by atoms with Gasteiger partial charge in [0.1, 0.15) is 0 Å². The smallest absolute Gasteiger partial charge is 0.222 e. The zero-order valence-electron chi connectivity index (χ0n) is 12.1. The van der Waals surface area contributed by atoms with Crippen LogP contribution in [0.1, 0.15) is 55.3 Å². The Bertz CT molecular complexity index is 478. The van der Waals surface area contributed by atoms with E-state index in [4.69, 9.17) is 5.73 Å². The van der Waals surface area contributed by atoms with E-state index in [-0.39, 0.29) is 17.5 Å². The molecule has 1 unspecified atom stereocenters. The second-order valence-corrected chi connectivity index (χ2v) is 6.04. The van der Waals surface area contributed by atoms with E-state index >= 15 is 0 Å². The molecule has 0 radical (unpaired) electrons. The van der Waals surface area contributed by atoms with Crippen LogP contribution >= 0.6 is 0 Å². The topological polar surface area (TPSA) is 55.1 Å². The van der Waals surface area contributed by atoms with Gasteiger partial charge in [-0.1, -0.05) is 23.8 Å². The van der Waals surface area contributed by atoms with Gasteiger partial charge in [0.05, 0.1) is 6.04 Å². The normalized spacial score (nSPS) is 18.5. The van der Waals surface area contributed by atoms with Crippen molar-refractivity contribution in [2.24, 2.45) is 5.73 Å². The minimum Gasteiger partial charge on any atom is -0.350 e. The molecule has 3 N–H and O–H groups in total. The van der Waals surface area contributed by atoms with Crippen molar-refractivity contribution in [2.75, 3.05) is 0 Å². The molecule has 3 nitrogen and oxygen atoms in total. The third kappa shape index (κ3) is 3.35. The van der Waals surface area contributed by atoms with Gasteiger partial charge >= 0.3 is 0 Å². The van der Waals surface area contributed by atoms with Crippen LogP contribution in [0.3, 0.4) is 0 Å². The molecule has 1 aromatic rings. The molecule has 3 heteroatoms. The van der Waals surface area contributed by atoms with Gasteiger partial charge < -0.3 is 11.1 Å². The molecule has 0 heterocycles.